The van der Waals surface area contributed by atoms with Crippen LogP contribution in [0.2, 0.25) is 0 Å². The predicted molar refractivity (Wildman–Crippen MR) is 160 cm³/mol. The molecule has 1 unspecified atom stereocenters. The summed E-state index contributed by atoms with van der Waals surface area (Å²) in [5.41, 5.74) is 2.66. The van der Waals surface area contributed by atoms with Gasteiger partial charge in [-0.3, -0.25) is 19.3 Å². The van der Waals surface area contributed by atoms with Gasteiger partial charge < -0.3 is 29.0 Å². The molecule has 0 radical (unpaired) electrons. The normalized spacial score (nSPS) is 23.6. The molecule has 3 heterocycles. The Morgan fingerprint density at radius 1 is 1.09 bits per heavy atom. The van der Waals surface area contributed by atoms with E-state index in [1.165, 1.54) is 0 Å². The van der Waals surface area contributed by atoms with E-state index in [1.807, 2.05) is 31.2 Å². The van der Waals surface area contributed by atoms with E-state index in [0.29, 0.717) is 48.2 Å². The fourth-order valence-corrected chi connectivity index (χ4v) is 6.58. The third-order valence-corrected chi connectivity index (χ3v) is 8.70. The van der Waals surface area contributed by atoms with Gasteiger partial charge in [0.2, 0.25) is 5.91 Å². The molecule has 2 amide bonds. The van der Waals surface area contributed by atoms with Gasteiger partial charge in [0.1, 0.15) is 24.6 Å². The van der Waals surface area contributed by atoms with Crippen molar-refractivity contribution in [3.63, 3.8) is 0 Å². The first-order valence-electron chi connectivity index (χ1n) is 14.9. The van der Waals surface area contributed by atoms with Crippen LogP contribution in [0, 0.1) is 18.3 Å². The summed E-state index contributed by atoms with van der Waals surface area (Å²) in [4.78, 5) is 43.2. The van der Waals surface area contributed by atoms with E-state index >= 15 is 0 Å². The molecule has 0 bridgehead atoms. The Kier molecular flexibility index (Phi) is 8.61. The number of piperidine rings is 1. The molecule has 0 spiro atoms. The largest absolute Gasteiger partial charge is 0.493 e. The van der Waals surface area contributed by atoms with Gasteiger partial charge in [-0.05, 0) is 48.8 Å². The second-order valence-corrected chi connectivity index (χ2v) is 12.8. The van der Waals surface area contributed by atoms with Crippen LogP contribution in [-0.2, 0) is 19.1 Å². The molecule has 0 saturated carbocycles. The zero-order chi connectivity index (χ0) is 31.1. The molecule has 1 saturated heterocycles. The van der Waals surface area contributed by atoms with Crippen molar-refractivity contribution in [1.82, 2.24) is 4.90 Å². The van der Waals surface area contributed by atoms with Crippen molar-refractivity contribution in [3.8, 4) is 17.2 Å². The highest BCUT2D eigenvalue weighted by molar-refractivity contribution is 6.02. The van der Waals surface area contributed by atoms with Crippen LogP contribution >= 0.6 is 0 Å². The summed E-state index contributed by atoms with van der Waals surface area (Å²) in [5.74, 6) is 0.0766. The summed E-state index contributed by atoms with van der Waals surface area (Å²) >= 11 is 0. The summed E-state index contributed by atoms with van der Waals surface area (Å²) in [5, 5.41) is 9.31. The van der Waals surface area contributed by atoms with E-state index in [0.717, 1.165) is 24.0 Å². The van der Waals surface area contributed by atoms with Gasteiger partial charge in [0, 0.05) is 30.6 Å². The zero-order valence-corrected chi connectivity index (χ0v) is 25.8. The minimum atomic E-state index is -1.10. The highest BCUT2D eigenvalue weighted by atomic mass is 16.5. The molecule has 3 aliphatic heterocycles. The summed E-state index contributed by atoms with van der Waals surface area (Å²) in [6.45, 7) is 9.35. The number of amides is 2. The molecule has 5 rings (SSSR count). The number of para-hydroxylation sites is 1. The minimum Gasteiger partial charge on any atom is -0.493 e. The lowest BCUT2D eigenvalue weighted by molar-refractivity contribution is -0.145. The molecule has 4 atom stereocenters. The van der Waals surface area contributed by atoms with Gasteiger partial charge in [-0.2, -0.15) is 0 Å². The van der Waals surface area contributed by atoms with Gasteiger partial charge in [-0.25, -0.2) is 0 Å². The molecule has 1 fully saturated rings. The number of likely N-dealkylation sites (tertiary alicyclic amines) is 1. The highest BCUT2D eigenvalue weighted by Crippen LogP contribution is 2.51. The quantitative estimate of drug-likeness (QED) is 0.489. The maximum Gasteiger partial charge on any atom is 0.303 e. The number of methoxy groups -OCH3 is 2. The van der Waals surface area contributed by atoms with Crippen LogP contribution in [0.15, 0.2) is 30.3 Å². The van der Waals surface area contributed by atoms with Gasteiger partial charge in [0.15, 0.2) is 11.5 Å². The first kappa shape index (κ1) is 30.7. The molecular formula is C33H42N2O8. The van der Waals surface area contributed by atoms with Gasteiger partial charge in [-0.15, -0.1) is 0 Å². The van der Waals surface area contributed by atoms with Crippen molar-refractivity contribution < 1.29 is 38.4 Å². The fourth-order valence-electron chi connectivity index (χ4n) is 6.58. The summed E-state index contributed by atoms with van der Waals surface area (Å²) in [6.07, 6.45) is -0.552. The molecule has 10 nitrogen and oxygen atoms in total. The minimum absolute atomic E-state index is 0.0127. The maximum absolute atomic E-state index is 14.6. The first-order valence-corrected chi connectivity index (χ1v) is 14.9. The molecular weight excluding hydrogens is 552 g/mol. The van der Waals surface area contributed by atoms with Crippen molar-refractivity contribution in [2.45, 2.75) is 71.6 Å². The van der Waals surface area contributed by atoms with Gasteiger partial charge in [0.25, 0.3) is 5.91 Å². The molecule has 2 aromatic carbocycles. The molecule has 43 heavy (non-hydrogen) atoms. The number of hydrogen-bond acceptors (Lipinski definition) is 7. The monoisotopic (exact) mass is 594 g/mol. The Balaban J connectivity index is 1.61. The summed E-state index contributed by atoms with van der Waals surface area (Å²) in [7, 11) is 3.12. The van der Waals surface area contributed by atoms with Crippen LogP contribution in [0.3, 0.4) is 0 Å². The predicted octanol–water partition coefficient (Wildman–Crippen LogP) is 4.74. The van der Waals surface area contributed by atoms with E-state index in [4.69, 9.17) is 18.9 Å². The van der Waals surface area contributed by atoms with E-state index in [2.05, 4.69) is 20.8 Å². The topological polar surface area (TPSA) is 115 Å². The number of carboxylic acid groups (broad SMARTS) is 1. The second kappa shape index (κ2) is 12.1. The molecule has 232 valence electrons. The van der Waals surface area contributed by atoms with Crippen LogP contribution < -0.4 is 19.1 Å². The van der Waals surface area contributed by atoms with Crippen molar-refractivity contribution in [3.05, 3.63) is 47.0 Å². The van der Waals surface area contributed by atoms with E-state index < -0.39 is 18.2 Å². The van der Waals surface area contributed by atoms with Crippen LogP contribution in [-0.4, -0.2) is 73.9 Å². The number of nitrogens with zero attached hydrogens (tertiary/aromatic N) is 2. The molecule has 0 aromatic heterocycles. The molecule has 0 aliphatic carbocycles. The van der Waals surface area contributed by atoms with Gasteiger partial charge in [-0.1, -0.05) is 39.0 Å². The van der Waals surface area contributed by atoms with E-state index in [1.54, 1.807) is 30.1 Å². The number of aryl methyl sites for hydroxylation is 1. The number of carboxylic acids is 1. The number of anilines is 1. The number of carbonyl (C=O) groups is 3. The molecule has 10 heteroatoms. The Morgan fingerprint density at radius 3 is 2.53 bits per heavy atom. The zero-order valence-electron chi connectivity index (χ0n) is 25.8. The third kappa shape index (κ3) is 6.02. The van der Waals surface area contributed by atoms with Crippen LogP contribution in [0.1, 0.15) is 69.2 Å². The smallest absolute Gasteiger partial charge is 0.303 e. The van der Waals surface area contributed by atoms with Crippen molar-refractivity contribution >= 4 is 23.5 Å². The van der Waals surface area contributed by atoms with Gasteiger partial charge in [0.05, 0.1) is 32.4 Å². The van der Waals surface area contributed by atoms with Crippen LogP contribution in [0.25, 0.3) is 0 Å². The Morgan fingerprint density at radius 2 is 1.86 bits per heavy atom. The fraction of sp³-hybridized carbons (Fsp3) is 0.545. The average molecular weight is 595 g/mol. The Bertz CT molecular complexity index is 1400. The lowest BCUT2D eigenvalue weighted by Gasteiger charge is -2.44. The SMILES string of the molecule is COc1cccc([C@H]2O[C@H](CC(=O)N3CCCC(CC(=O)O)C3)C(=O)N3c4c(cc(C)cc42)OC[C@H]3C(C)(C)C)c1OC. The highest BCUT2D eigenvalue weighted by Gasteiger charge is 2.48. The average Bonchev–Trinajstić information content (AvgIpc) is 3.07. The second-order valence-electron chi connectivity index (χ2n) is 12.8. The third-order valence-electron chi connectivity index (χ3n) is 8.70. The van der Waals surface area contributed by atoms with Crippen LogP contribution in [0.5, 0.6) is 17.2 Å². The first-order chi connectivity index (χ1) is 20.4. The number of carbonyl (C=O) groups excluding carboxylic acids is 2. The lowest BCUT2D eigenvalue weighted by Crippen LogP contribution is -2.56. The summed E-state index contributed by atoms with van der Waals surface area (Å²) < 4.78 is 24.4. The number of rotatable bonds is 7. The Hall–Kier alpha value is -3.79. The van der Waals surface area contributed by atoms with Gasteiger partial charge >= 0.3 is 5.97 Å². The van der Waals surface area contributed by atoms with E-state index in [9.17, 15) is 19.5 Å². The lowest BCUT2D eigenvalue weighted by atomic mass is 9.84. The molecule has 2 aromatic rings. The number of ether oxygens (including phenoxy) is 4. The molecule has 3 aliphatic rings. The number of hydrogen-bond donors (Lipinski definition) is 1. The van der Waals surface area contributed by atoms with Crippen molar-refractivity contribution in [1.29, 1.82) is 0 Å². The standard InChI is InChI=1S/C33H42N2O8/c1-19-13-22-29-24(14-19)42-18-26(33(2,3)4)35(29)32(39)25(16-27(36)34-12-8-9-20(17-34)15-28(37)38)43-30(22)21-10-7-11-23(40-5)31(21)41-6/h7,10-11,13-14,20,25-26,30H,8-9,12,15-18H2,1-6H3,(H,37,38)/t20?,25-,26+,30-/m1/s1. The number of aliphatic carboxylic acids is 1. The van der Waals surface area contributed by atoms with Crippen LogP contribution in [0.4, 0.5) is 5.69 Å². The summed E-state index contributed by atoms with van der Waals surface area (Å²) in [6, 6.07) is 9.15. The van der Waals surface area contributed by atoms with Crippen molar-refractivity contribution in [2.75, 3.05) is 38.8 Å². The molecule has 1 N–H and O–H groups in total. The Labute approximate surface area is 252 Å². The van der Waals surface area contributed by atoms with E-state index in [-0.39, 0.29) is 42.0 Å². The van der Waals surface area contributed by atoms with Crippen molar-refractivity contribution in [2.24, 2.45) is 11.3 Å². The maximum atomic E-state index is 14.6. The number of benzene rings is 2.